The van der Waals surface area contributed by atoms with Gasteiger partial charge in [0.25, 0.3) is 0 Å². The van der Waals surface area contributed by atoms with E-state index in [-0.39, 0.29) is 11.8 Å². The molecule has 1 aromatic heterocycles. The molecule has 1 aromatic carbocycles. The van der Waals surface area contributed by atoms with Gasteiger partial charge in [0.2, 0.25) is 5.91 Å². The van der Waals surface area contributed by atoms with Gasteiger partial charge >= 0.3 is 0 Å². The summed E-state index contributed by atoms with van der Waals surface area (Å²) in [6.45, 7) is 2.44. The number of anilines is 1. The zero-order valence-corrected chi connectivity index (χ0v) is 12.9. The van der Waals surface area contributed by atoms with Gasteiger partial charge in [-0.25, -0.2) is 0 Å². The van der Waals surface area contributed by atoms with Gasteiger partial charge in [-0.2, -0.15) is 5.10 Å². The Morgan fingerprint density at radius 3 is 2.70 bits per heavy atom. The van der Waals surface area contributed by atoms with Crippen LogP contribution in [0.25, 0.3) is 0 Å². The molecule has 0 aliphatic carbocycles. The van der Waals surface area contributed by atoms with E-state index in [0.717, 1.165) is 11.3 Å². The predicted octanol–water partition coefficient (Wildman–Crippen LogP) is 3.72. The number of benzene rings is 1. The second-order valence-electron chi connectivity index (χ2n) is 4.26. The molecule has 0 saturated carbocycles. The molecule has 20 heavy (non-hydrogen) atoms. The summed E-state index contributed by atoms with van der Waals surface area (Å²) in [5.74, 6) is 0.0951. The second-order valence-corrected chi connectivity index (χ2v) is 5.34. The summed E-state index contributed by atoms with van der Waals surface area (Å²) in [4.78, 5) is 11.2. The predicted molar refractivity (Wildman–Crippen MR) is 81.9 cm³/mol. The van der Waals surface area contributed by atoms with Crippen LogP contribution in [0.3, 0.4) is 0 Å². The minimum Gasteiger partial charge on any atom is -0.308 e. The van der Waals surface area contributed by atoms with Crippen LogP contribution in [0.4, 0.5) is 5.82 Å². The molecular formula is C13H12Cl3N3O. The summed E-state index contributed by atoms with van der Waals surface area (Å²) >= 11 is 17.3. The molecule has 7 heteroatoms. The molecule has 2 rings (SSSR count). The highest BCUT2D eigenvalue weighted by Crippen LogP contribution is 2.23. The normalized spacial score (nSPS) is 10.6. The first-order valence-corrected chi connectivity index (χ1v) is 7.13. The molecule has 0 bridgehead atoms. The quantitative estimate of drug-likeness (QED) is 0.867. The average molecular weight is 333 g/mol. The molecule has 1 amide bonds. The van der Waals surface area contributed by atoms with Crippen LogP contribution >= 0.6 is 34.8 Å². The molecule has 0 saturated heterocycles. The molecule has 4 nitrogen and oxygen atoms in total. The molecule has 1 heterocycles. The molecule has 0 unspecified atom stereocenters. The fourth-order valence-corrected chi connectivity index (χ4v) is 2.11. The molecular weight excluding hydrogens is 321 g/mol. The molecule has 0 fully saturated rings. The number of carbonyl (C=O) groups is 1. The van der Waals surface area contributed by atoms with E-state index in [1.54, 1.807) is 22.9 Å². The first kappa shape index (κ1) is 15.2. The molecule has 0 aliphatic heterocycles. The number of nitrogens with zero attached hydrogens (tertiary/aromatic N) is 2. The first-order chi connectivity index (χ1) is 9.49. The zero-order valence-electron chi connectivity index (χ0n) is 10.7. The fraction of sp³-hybridized carbons (Fsp3) is 0.231. The van der Waals surface area contributed by atoms with Crippen molar-refractivity contribution in [1.82, 2.24) is 9.78 Å². The Bertz CT molecular complexity index is 640. The van der Waals surface area contributed by atoms with Crippen LogP contribution in [0.5, 0.6) is 0 Å². The number of carbonyl (C=O) groups excluding carboxylic acids is 1. The van der Waals surface area contributed by atoms with Crippen molar-refractivity contribution in [3.05, 3.63) is 45.6 Å². The minimum absolute atomic E-state index is 0.0985. The highest BCUT2D eigenvalue weighted by molar-refractivity contribution is 6.42. The number of nitrogens with one attached hydrogen (secondary N) is 1. The van der Waals surface area contributed by atoms with E-state index < -0.39 is 0 Å². The lowest BCUT2D eigenvalue weighted by Gasteiger charge is -2.05. The molecule has 0 spiro atoms. The molecule has 1 N–H and O–H groups in total. The Labute approximate surface area is 131 Å². The van der Waals surface area contributed by atoms with Crippen molar-refractivity contribution in [3.63, 3.8) is 0 Å². The Morgan fingerprint density at radius 2 is 2.05 bits per heavy atom. The van der Waals surface area contributed by atoms with Crippen LogP contribution in [0, 0.1) is 6.92 Å². The maximum atomic E-state index is 11.2. The number of hydrogen-bond donors (Lipinski definition) is 1. The van der Waals surface area contributed by atoms with Crippen molar-refractivity contribution in [2.24, 2.45) is 0 Å². The van der Waals surface area contributed by atoms with Crippen molar-refractivity contribution in [2.75, 3.05) is 11.2 Å². The van der Waals surface area contributed by atoms with Crippen LogP contribution in [0.1, 0.15) is 11.3 Å². The summed E-state index contributed by atoms with van der Waals surface area (Å²) in [5.41, 5.74) is 1.89. The van der Waals surface area contributed by atoms with Crippen molar-refractivity contribution in [2.45, 2.75) is 13.5 Å². The van der Waals surface area contributed by atoms with Crippen LogP contribution < -0.4 is 5.32 Å². The van der Waals surface area contributed by atoms with E-state index in [9.17, 15) is 4.79 Å². The highest BCUT2D eigenvalue weighted by Gasteiger charge is 2.08. The number of rotatable bonds is 4. The summed E-state index contributed by atoms with van der Waals surface area (Å²) in [6, 6.07) is 7.20. The Morgan fingerprint density at radius 1 is 1.30 bits per heavy atom. The molecule has 0 atom stereocenters. The lowest BCUT2D eigenvalue weighted by Crippen LogP contribution is -2.13. The van der Waals surface area contributed by atoms with Gasteiger partial charge in [0, 0.05) is 11.8 Å². The highest BCUT2D eigenvalue weighted by atomic mass is 35.5. The minimum atomic E-state index is -0.286. The van der Waals surface area contributed by atoms with Crippen molar-refractivity contribution in [3.8, 4) is 0 Å². The maximum absolute atomic E-state index is 11.2. The third-order valence-corrected chi connectivity index (χ3v) is 3.67. The summed E-state index contributed by atoms with van der Waals surface area (Å²) in [5, 5.41) is 7.92. The third kappa shape index (κ3) is 3.66. The smallest absolute Gasteiger partial charge is 0.240 e. The Hall–Kier alpha value is -1.23. The van der Waals surface area contributed by atoms with Crippen LogP contribution in [0.15, 0.2) is 24.3 Å². The molecule has 0 aliphatic rings. The van der Waals surface area contributed by atoms with Gasteiger partial charge in [-0.1, -0.05) is 29.3 Å². The largest absolute Gasteiger partial charge is 0.308 e. The number of halogens is 3. The summed E-state index contributed by atoms with van der Waals surface area (Å²) in [6.07, 6.45) is 0. The number of alkyl halides is 1. The number of amides is 1. The maximum Gasteiger partial charge on any atom is 0.240 e. The SMILES string of the molecule is Cc1cc(NC(=O)CCl)nn1Cc1ccc(Cl)c(Cl)c1. The van der Waals surface area contributed by atoms with Gasteiger partial charge in [-0.05, 0) is 24.6 Å². The fourth-order valence-electron chi connectivity index (χ4n) is 1.72. The summed E-state index contributed by atoms with van der Waals surface area (Å²) in [7, 11) is 0. The first-order valence-electron chi connectivity index (χ1n) is 5.84. The number of aromatic nitrogens is 2. The van der Waals surface area contributed by atoms with Gasteiger partial charge in [0.1, 0.15) is 5.88 Å². The lowest BCUT2D eigenvalue weighted by atomic mass is 10.2. The van der Waals surface area contributed by atoms with Gasteiger partial charge in [0.15, 0.2) is 5.82 Å². The van der Waals surface area contributed by atoms with Gasteiger partial charge in [0.05, 0.1) is 16.6 Å². The van der Waals surface area contributed by atoms with Gasteiger partial charge < -0.3 is 5.32 Å². The number of hydrogen-bond acceptors (Lipinski definition) is 2. The van der Waals surface area contributed by atoms with Crippen LogP contribution in [0.2, 0.25) is 10.0 Å². The van der Waals surface area contributed by atoms with Crippen molar-refractivity contribution >= 4 is 46.5 Å². The molecule has 2 aromatic rings. The van der Waals surface area contributed by atoms with Gasteiger partial charge in [-0.15, -0.1) is 11.6 Å². The monoisotopic (exact) mass is 331 g/mol. The lowest BCUT2D eigenvalue weighted by molar-refractivity contribution is -0.113. The molecule has 106 valence electrons. The summed E-state index contributed by atoms with van der Waals surface area (Å²) < 4.78 is 1.77. The topological polar surface area (TPSA) is 46.9 Å². The van der Waals surface area contributed by atoms with E-state index in [2.05, 4.69) is 10.4 Å². The third-order valence-electron chi connectivity index (χ3n) is 2.69. The van der Waals surface area contributed by atoms with E-state index in [1.165, 1.54) is 0 Å². The van der Waals surface area contributed by atoms with E-state index >= 15 is 0 Å². The van der Waals surface area contributed by atoms with E-state index in [0.29, 0.717) is 22.4 Å². The average Bonchev–Trinajstić information content (AvgIpc) is 2.74. The van der Waals surface area contributed by atoms with Crippen LogP contribution in [-0.2, 0) is 11.3 Å². The van der Waals surface area contributed by atoms with E-state index in [4.69, 9.17) is 34.8 Å². The van der Waals surface area contributed by atoms with Crippen molar-refractivity contribution in [1.29, 1.82) is 0 Å². The van der Waals surface area contributed by atoms with Crippen molar-refractivity contribution < 1.29 is 4.79 Å². The van der Waals surface area contributed by atoms with Gasteiger partial charge in [-0.3, -0.25) is 9.48 Å². The Kier molecular flexibility index (Phi) is 4.91. The standard InChI is InChI=1S/C13H12Cl3N3O/c1-8-4-12(17-13(20)6-14)18-19(8)7-9-2-3-10(15)11(16)5-9/h2-5H,6-7H2,1H3,(H,17,18,20). The Balaban J connectivity index is 2.16. The number of aryl methyl sites for hydroxylation is 1. The molecule has 0 radical (unpaired) electrons. The zero-order chi connectivity index (χ0) is 14.7. The van der Waals surface area contributed by atoms with Crippen LogP contribution in [-0.4, -0.2) is 21.6 Å². The van der Waals surface area contributed by atoms with E-state index in [1.807, 2.05) is 13.0 Å². The second kappa shape index (κ2) is 6.48.